The predicted molar refractivity (Wildman–Crippen MR) is 73.6 cm³/mol. The molecule has 0 atom stereocenters. The fourth-order valence-corrected chi connectivity index (χ4v) is 2.82. The van der Waals surface area contributed by atoms with E-state index >= 15 is 0 Å². The first-order chi connectivity index (χ1) is 8.20. The Bertz CT molecular complexity index is 503. The van der Waals surface area contributed by atoms with Crippen molar-refractivity contribution >= 4 is 11.3 Å². The molecule has 0 aliphatic rings. The molecule has 2 nitrogen and oxygen atoms in total. The standard InChI is InChI=1S/C14H18N2S/c1-10-4-3-5-12(11(10)2)8-13-9-16-14(17-13)6-7-15/h3-5,9H,6-8,15H2,1-2H3. The molecule has 0 saturated carbocycles. The monoisotopic (exact) mass is 246 g/mol. The summed E-state index contributed by atoms with van der Waals surface area (Å²) < 4.78 is 0. The molecule has 0 unspecified atom stereocenters. The average molecular weight is 246 g/mol. The van der Waals surface area contributed by atoms with Crippen LogP contribution in [0.3, 0.4) is 0 Å². The topological polar surface area (TPSA) is 38.9 Å². The Morgan fingerprint density at radius 3 is 2.88 bits per heavy atom. The van der Waals surface area contributed by atoms with Crippen molar-refractivity contribution in [1.82, 2.24) is 4.98 Å². The second-order valence-corrected chi connectivity index (χ2v) is 5.49. The summed E-state index contributed by atoms with van der Waals surface area (Å²) in [6.45, 7) is 5.02. The SMILES string of the molecule is Cc1cccc(Cc2cnc(CCN)s2)c1C. The van der Waals surface area contributed by atoms with Gasteiger partial charge in [0.05, 0.1) is 5.01 Å². The minimum absolute atomic E-state index is 0.677. The molecule has 3 heteroatoms. The Hall–Kier alpha value is -1.19. The van der Waals surface area contributed by atoms with Crippen molar-refractivity contribution in [2.45, 2.75) is 26.7 Å². The Balaban J connectivity index is 2.16. The van der Waals surface area contributed by atoms with Gasteiger partial charge in [-0.1, -0.05) is 18.2 Å². The lowest BCUT2D eigenvalue weighted by molar-refractivity contribution is 0.952. The largest absolute Gasteiger partial charge is 0.330 e. The number of aromatic nitrogens is 1. The van der Waals surface area contributed by atoms with Gasteiger partial charge in [0.15, 0.2) is 0 Å². The number of hydrogen-bond donors (Lipinski definition) is 1. The van der Waals surface area contributed by atoms with Crippen LogP contribution in [0.5, 0.6) is 0 Å². The number of thiazole rings is 1. The normalized spacial score (nSPS) is 10.8. The summed E-state index contributed by atoms with van der Waals surface area (Å²) in [5.74, 6) is 0. The van der Waals surface area contributed by atoms with Crippen molar-refractivity contribution in [3.05, 3.63) is 51.0 Å². The fourth-order valence-electron chi connectivity index (χ4n) is 1.86. The minimum Gasteiger partial charge on any atom is -0.330 e. The van der Waals surface area contributed by atoms with Crippen LogP contribution in [0.15, 0.2) is 24.4 Å². The van der Waals surface area contributed by atoms with Gasteiger partial charge < -0.3 is 5.73 Å². The first kappa shape index (κ1) is 12.3. The van der Waals surface area contributed by atoms with E-state index in [1.807, 2.05) is 6.20 Å². The molecule has 17 heavy (non-hydrogen) atoms. The molecule has 0 fully saturated rings. The number of nitrogens with two attached hydrogens (primary N) is 1. The van der Waals surface area contributed by atoms with Crippen LogP contribution in [-0.4, -0.2) is 11.5 Å². The van der Waals surface area contributed by atoms with Crippen LogP contribution < -0.4 is 5.73 Å². The molecule has 0 radical (unpaired) electrons. The summed E-state index contributed by atoms with van der Waals surface area (Å²) in [6.07, 6.45) is 3.85. The lowest BCUT2D eigenvalue weighted by Gasteiger charge is -2.06. The highest BCUT2D eigenvalue weighted by molar-refractivity contribution is 7.11. The molecule has 2 N–H and O–H groups in total. The van der Waals surface area contributed by atoms with Gasteiger partial charge in [-0.3, -0.25) is 0 Å². The van der Waals surface area contributed by atoms with Gasteiger partial charge in [0, 0.05) is 23.9 Å². The molecule has 0 spiro atoms. The van der Waals surface area contributed by atoms with Gasteiger partial charge in [0.2, 0.25) is 0 Å². The fraction of sp³-hybridized carbons (Fsp3) is 0.357. The van der Waals surface area contributed by atoms with E-state index in [9.17, 15) is 0 Å². The van der Waals surface area contributed by atoms with Crippen molar-refractivity contribution in [2.75, 3.05) is 6.54 Å². The molecule has 90 valence electrons. The van der Waals surface area contributed by atoms with Gasteiger partial charge in [0.25, 0.3) is 0 Å². The third kappa shape index (κ3) is 2.93. The summed E-state index contributed by atoms with van der Waals surface area (Å²) in [5, 5.41) is 1.15. The highest BCUT2D eigenvalue weighted by Crippen LogP contribution is 2.21. The quantitative estimate of drug-likeness (QED) is 0.901. The Kier molecular flexibility index (Phi) is 3.92. The zero-order chi connectivity index (χ0) is 12.3. The van der Waals surface area contributed by atoms with E-state index < -0.39 is 0 Å². The van der Waals surface area contributed by atoms with Gasteiger partial charge >= 0.3 is 0 Å². The van der Waals surface area contributed by atoms with E-state index in [1.54, 1.807) is 11.3 Å². The second kappa shape index (κ2) is 5.43. The average Bonchev–Trinajstić information content (AvgIpc) is 2.73. The van der Waals surface area contributed by atoms with Crippen molar-refractivity contribution in [2.24, 2.45) is 5.73 Å². The van der Waals surface area contributed by atoms with Gasteiger partial charge in [-0.25, -0.2) is 4.98 Å². The molecule has 0 amide bonds. The maximum atomic E-state index is 5.53. The second-order valence-electron chi connectivity index (χ2n) is 4.29. The molecule has 1 heterocycles. The van der Waals surface area contributed by atoms with E-state index in [2.05, 4.69) is 37.0 Å². The van der Waals surface area contributed by atoms with Gasteiger partial charge in [0.1, 0.15) is 0 Å². The molecule has 1 aromatic carbocycles. The van der Waals surface area contributed by atoms with Gasteiger partial charge in [-0.05, 0) is 37.1 Å². The van der Waals surface area contributed by atoms with Crippen molar-refractivity contribution in [3.63, 3.8) is 0 Å². The van der Waals surface area contributed by atoms with Gasteiger partial charge in [-0.15, -0.1) is 11.3 Å². The molecule has 1 aromatic heterocycles. The summed E-state index contributed by atoms with van der Waals surface area (Å²) in [5.41, 5.74) is 9.68. The summed E-state index contributed by atoms with van der Waals surface area (Å²) in [4.78, 5) is 5.71. The van der Waals surface area contributed by atoms with Crippen LogP contribution in [0.25, 0.3) is 0 Å². The summed E-state index contributed by atoms with van der Waals surface area (Å²) in [6, 6.07) is 6.48. The smallest absolute Gasteiger partial charge is 0.0940 e. The zero-order valence-corrected chi connectivity index (χ0v) is 11.2. The van der Waals surface area contributed by atoms with E-state index in [0.29, 0.717) is 6.54 Å². The van der Waals surface area contributed by atoms with Crippen LogP contribution >= 0.6 is 11.3 Å². The number of nitrogens with zero attached hydrogens (tertiary/aromatic N) is 1. The van der Waals surface area contributed by atoms with Gasteiger partial charge in [-0.2, -0.15) is 0 Å². The lowest BCUT2D eigenvalue weighted by atomic mass is 10.0. The summed E-state index contributed by atoms with van der Waals surface area (Å²) >= 11 is 1.78. The van der Waals surface area contributed by atoms with Crippen LogP contribution in [-0.2, 0) is 12.8 Å². The highest BCUT2D eigenvalue weighted by atomic mass is 32.1. The Morgan fingerprint density at radius 1 is 1.29 bits per heavy atom. The minimum atomic E-state index is 0.677. The molecule has 0 saturated heterocycles. The zero-order valence-electron chi connectivity index (χ0n) is 10.4. The Labute approximate surface area is 107 Å². The van der Waals surface area contributed by atoms with E-state index in [0.717, 1.165) is 17.8 Å². The van der Waals surface area contributed by atoms with Crippen LogP contribution in [0.4, 0.5) is 0 Å². The number of rotatable bonds is 4. The Morgan fingerprint density at radius 2 is 2.12 bits per heavy atom. The number of benzene rings is 1. The third-order valence-corrected chi connectivity index (χ3v) is 4.10. The molecule has 0 aliphatic heterocycles. The molecular weight excluding hydrogens is 228 g/mol. The van der Waals surface area contributed by atoms with E-state index in [-0.39, 0.29) is 0 Å². The van der Waals surface area contributed by atoms with Crippen molar-refractivity contribution < 1.29 is 0 Å². The molecule has 0 aliphatic carbocycles. The molecular formula is C14H18N2S. The first-order valence-electron chi connectivity index (χ1n) is 5.89. The van der Waals surface area contributed by atoms with Crippen LogP contribution in [0.2, 0.25) is 0 Å². The highest BCUT2D eigenvalue weighted by Gasteiger charge is 2.05. The van der Waals surface area contributed by atoms with Crippen LogP contribution in [0.1, 0.15) is 26.6 Å². The molecule has 2 aromatic rings. The number of hydrogen-bond acceptors (Lipinski definition) is 3. The predicted octanol–water partition coefficient (Wildman–Crippen LogP) is 2.85. The molecule has 2 rings (SSSR count). The van der Waals surface area contributed by atoms with Crippen molar-refractivity contribution in [3.8, 4) is 0 Å². The third-order valence-electron chi connectivity index (χ3n) is 3.04. The lowest BCUT2D eigenvalue weighted by Crippen LogP contribution is -2.01. The first-order valence-corrected chi connectivity index (χ1v) is 6.71. The molecule has 0 bridgehead atoms. The van der Waals surface area contributed by atoms with Crippen LogP contribution in [0, 0.1) is 13.8 Å². The van der Waals surface area contributed by atoms with Crippen molar-refractivity contribution in [1.29, 1.82) is 0 Å². The van der Waals surface area contributed by atoms with E-state index in [1.165, 1.54) is 21.6 Å². The van der Waals surface area contributed by atoms with E-state index in [4.69, 9.17) is 5.73 Å². The maximum absolute atomic E-state index is 5.53. The number of aryl methyl sites for hydroxylation is 1. The summed E-state index contributed by atoms with van der Waals surface area (Å²) in [7, 11) is 0. The maximum Gasteiger partial charge on any atom is 0.0940 e.